The van der Waals surface area contributed by atoms with Gasteiger partial charge in [-0.1, -0.05) is 18.2 Å². The number of rotatable bonds is 3. The molecule has 23 heavy (non-hydrogen) atoms. The normalized spacial score (nSPS) is 24.9. The number of benzene rings is 1. The van der Waals surface area contributed by atoms with E-state index in [2.05, 4.69) is 10.2 Å². The van der Waals surface area contributed by atoms with Gasteiger partial charge in [0.1, 0.15) is 0 Å². The number of nitrogens with zero attached hydrogens (tertiary/aromatic N) is 2. The molecule has 0 saturated carbocycles. The van der Waals surface area contributed by atoms with Gasteiger partial charge in [-0.05, 0) is 31.4 Å². The Morgan fingerprint density at radius 1 is 1.00 bits per heavy atom. The molecule has 2 aliphatic rings. The van der Waals surface area contributed by atoms with Gasteiger partial charge in [-0.3, -0.25) is 9.69 Å². The van der Waals surface area contributed by atoms with E-state index in [-0.39, 0.29) is 11.9 Å². The van der Waals surface area contributed by atoms with Gasteiger partial charge in [-0.2, -0.15) is 4.31 Å². The predicted molar refractivity (Wildman–Crippen MR) is 87.4 cm³/mol. The van der Waals surface area contributed by atoms with Crippen LogP contribution in [0.25, 0.3) is 0 Å². The lowest BCUT2D eigenvalue weighted by atomic mass is 10.1. The minimum atomic E-state index is -3.43. The minimum absolute atomic E-state index is 0.0851. The second kappa shape index (κ2) is 6.98. The minimum Gasteiger partial charge on any atom is -0.355 e. The summed E-state index contributed by atoms with van der Waals surface area (Å²) in [4.78, 5) is 14.6. The average molecular weight is 337 g/mol. The van der Waals surface area contributed by atoms with Crippen LogP contribution in [-0.4, -0.2) is 62.3 Å². The highest BCUT2D eigenvalue weighted by molar-refractivity contribution is 7.89. The van der Waals surface area contributed by atoms with Crippen molar-refractivity contribution < 1.29 is 13.2 Å². The van der Waals surface area contributed by atoms with Crippen molar-refractivity contribution in [2.24, 2.45) is 0 Å². The maximum Gasteiger partial charge on any atom is 0.243 e. The molecule has 1 aromatic rings. The van der Waals surface area contributed by atoms with Crippen LogP contribution >= 0.6 is 0 Å². The van der Waals surface area contributed by atoms with Gasteiger partial charge in [0.2, 0.25) is 15.9 Å². The first-order valence-corrected chi connectivity index (χ1v) is 9.60. The highest BCUT2D eigenvalue weighted by Crippen LogP contribution is 2.20. The molecular formula is C16H23N3O3S. The van der Waals surface area contributed by atoms with Crippen LogP contribution in [0.4, 0.5) is 0 Å². The van der Waals surface area contributed by atoms with Gasteiger partial charge >= 0.3 is 0 Å². The van der Waals surface area contributed by atoms with E-state index in [4.69, 9.17) is 0 Å². The predicted octanol–water partition coefficient (Wildman–Crippen LogP) is 0.662. The van der Waals surface area contributed by atoms with E-state index >= 15 is 0 Å². The Kier molecular flexibility index (Phi) is 4.99. The number of amides is 1. The third-order valence-electron chi connectivity index (χ3n) is 4.60. The summed E-state index contributed by atoms with van der Waals surface area (Å²) in [5.41, 5.74) is 0. The number of hydrogen-bond donors (Lipinski definition) is 1. The molecule has 0 unspecified atom stereocenters. The van der Waals surface area contributed by atoms with E-state index in [0.717, 1.165) is 25.8 Å². The highest BCUT2D eigenvalue weighted by atomic mass is 32.2. The number of carbonyl (C=O) groups is 1. The second-order valence-electron chi connectivity index (χ2n) is 6.06. The van der Waals surface area contributed by atoms with E-state index in [1.165, 1.54) is 4.31 Å². The average Bonchev–Trinajstić information content (AvgIpc) is 2.80. The Hall–Kier alpha value is -1.44. The molecule has 7 heteroatoms. The van der Waals surface area contributed by atoms with Gasteiger partial charge in [0, 0.05) is 32.7 Å². The molecule has 2 aliphatic heterocycles. The molecule has 3 rings (SSSR count). The quantitative estimate of drug-likeness (QED) is 0.880. The zero-order valence-electron chi connectivity index (χ0n) is 13.1. The molecule has 6 nitrogen and oxygen atoms in total. The molecule has 1 amide bonds. The number of nitrogens with one attached hydrogen (secondary N) is 1. The van der Waals surface area contributed by atoms with E-state index in [1.54, 1.807) is 24.3 Å². The summed E-state index contributed by atoms with van der Waals surface area (Å²) >= 11 is 0. The van der Waals surface area contributed by atoms with Crippen LogP contribution in [0.1, 0.15) is 19.3 Å². The van der Waals surface area contributed by atoms with Crippen LogP contribution in [0.3, 0.4) is 0 Å². The van der Waals surface area contributed by atoms with E-state index in [1.807, 2.05) is 6.07 Å². The molecule has 1 N–H and O–H groups in total. The van der Waals surface area contributed by atoms with Crippen molar-refractivity contribution in [2.45, 2.75) is 30.2 Å². The van der Waals surface area contributed by atoms with Gasteiger partial charge in [0.25, 0.3) is 0 Å². The van der Waals surface area contributed by atoms with Crippen molar-refractivity contribution in [3.63, 3.8) is 0 Å². The van der Waals surface area contributed by atoms with Crippen molar-refractivity contribution in [3.05, 3.63) is 30.3 Å². The van der Waals surface area contributed by atoms with Gasteiger partial charge in [0.15, 0.2) is 0 Å². The van der Waals surface area contributed by atoms with E-state index in [9.17, 15) is 13.2 Å². The number of sulfonamides is 1. The summed E-state index contributed by atoms with van der Waals surface area (Å²) in [7, 11) is -3.43. The first-order chi connectivity index (χ1) is 11.1. The fraction of sp³-hybridized carbons (Fsp3) is 0.562. The summed E-state index contributed by atoms with van der Waals surface area (Å²) in [6, 6.07) is 8.42. The third-order valence-corrected chi connectivity index (χ3v) is 6.51. The zero-order chi connectivity index (χ0) is 16.3. The fourth-order valence-electron chi connectivity index (χ4n) is 3.27. The summed E-state index contributed by atoms with van der Waals surface area (Å²) in [5, 5.41) is 2.95. The molecule has 0 aromatic heterocycles. The molecule has 2 heterocycles. The van der Waals surface area contributed by atoms with Crippen LogP contribution in [0, 0.1) is 0 Å². The standard InChI is InChI=1S/C16H23N3O3S/c20-16-15(8-4-5-9-17-16)18-10-12-19(13-11-18)23(21,22)14-6-2-1-3-7-14/h1-3,6-7,15H,4-5,8-13H2,(H,17,20)/t15-/m0/s1. The molecule has 2 fully saturated rings. The van der Waals surface area contributed by atoms with Gasteiger partial charge in [-0.25, -0.2) is 8.42 Å². The molecule has 0 radical (unpaired) electrons. The first-order valence-electron chi connectivity index (χ1n) is 8.16. The molecule has 126 valence electrons. The monoisotopic (exact) mass is 337 g/mol. The molecule has 0 aliphatic carbocycles. The molecule has 0 spiro atoms. The van der Waals surface area contributed by atoms with Gasteiger partial charge in [0.05, 0.1) is 10.9 Å². The van der Waals surface area contributed by atoms with Crippen molar-refractivity contribution in [2.75, 3.05) is 32.7 Å². The fourth-order valence-corrected chi connectivity index (χ4v) is 4.71. The Bertz CT molecular complexity index is 640. The lowest BCUT2D eigenvalue weighted by Crippen LogP contribution is -2.55. The molecule has 2 saturated heterocycles. The lowest BCUT2D eigenvalue weighted by molar-refractivity contribution is -0.126. The van der Waals surface area contributed by atoms with Crippen LogP contribution in [0.2, 0.25) is 0 Å². The SMILES string of the molecule is O=C1NCCCC[C@@H]1N1CCN(S(=O)(=O)c2ccccc2)CC1. The first kappa shape index (κ1) is 16.4. The molecular weight excluding hydrogens is 314 g/mol. The van der Waals surface area contributed by atoms with E-state index < -0.39 is 10.0 Å². The summed E-state index contributed by atoms with van der Waals surface area (Å²) in [6.07, 6.45) is 2.91. The Labute approximate surface area is 137 Å². The molecule has 0 bridgehead atoms. The lowest BCUT2D eigenvalue weighted by Gasteiger charge is -2.37. The Morgan fingerprint density at radius 2 is 1.70 bits per heavy atom. The van der Waals surface area contributed by atoms with Crippen molar-refractivity contribution in [1.29, 1.82) is 0 Å². The topological polar surface area (TPSA) is 69.7 Å². The number of hydrogen-bond acceptors (Lipinski definition) is 4. The van der Waals surface area contributed by atoms with E-state index in [0.29, 0.717) is 31.1 Å². The van der Waals surface area contributed by atoms with Crippen molar-refractivity contribution >= 4 is 15.9 Å². The third kappa shape index (κ3) is 3.57. The van der Waals surface area contributed by atoms with Gasteiger partial charge < -0.3 is 5.32 Å². The highest BCUT2D eigenvalue weighted by Gasteiger charge is 2.33. The summed E-state index contributed by atoms with van der Waals surface area (Å²) < 4.78 is 26.8. The van der Waals surface area contributed by atoms with Crippen LogP contribution in [0.15, 0.2) is 35.2 Å². The largest absolute Gasteiger partial charge is 0.355 e. The summed E-state index contributed by atoms with van der Waals surface area (Å²) in [5.74, 6) is 0.0851. The maximum atomic E-state index is 12.6. The zero-order valence-corrected chi connectivity index (χ0v) is 14.0. The van der Waals surface area contributed by atoms with Gasteiger partial charge in [-0.15, -0.1) is 0 Å². The van der Waals surface area contributed by atoms with Crippen molar-refractivity contribution in [3.8, 4) is 0 Å². The van der Waals surface area contributed by atoms with Crippen LogP contribution in [0.5, 0.6) is 0 Å². The Balaban J connectivity index is 1.65. The van der Waals surface area contributed by atoms with Crippen molar-refractivity contribution in [1.82, 2.24) is 14.5 Å². The second-order valence-corrected chi connectivity index (χ2v) is 7.99. The Morgan fingerprint density at radius 3 is 2.39 bits per heavy atom. The number of carbonyl (C=O) groups excluding carboxylic acids is 1. The molecule has 1 aromatic carbocycles. The maximum absolute atomic E-state index is 12.6. The smallest absolute Gasteiger partial charge is 0.243 e. The van der Waals surface area contributed by atoms with Crippen LogP contribution < -0.4 is 5.32 Å². The molecule has 1 atom stereocenters. The van der Waals surface area contributed by atoms with Crippen LogP contribution in [-0.2, 0) is 14.8 Å². The number of piperazine rings is 1. The summed E-state index contributed by atoms with van der Waals surface area (Å²) in [6.45, 7) is 2.81.